The molecule has 0 spiro atoms. The van der Waals surface area contributed by atoms with Crippen LogP contribution in [0, 0.1) is 0 Å². The van der Waals surface area contributed by atoms with Crippen molar-refractivity contribution < 1.29 is 24.5 Å². The summed E-state index contributed by atoms with van der Waals surface area (Å²) >= 11 is 0. The number of nitrogens with zero attached hydrogens (tertiary/aromatic N) is 1. The number of hydrogen-bond acceptors (Lipinski definition) is 4. The molecule has 1 fully saturated rings. The van der Waals surface area contributed by atoms with Gasteiger partial charge in [0.1, 0.15) is 5.75 Å². The SMILES string of the molecule is O=C(O)CC1CN(C(=O)C=Cc2ccc(O)cc2)CCO1. The zero-order valence-corrected chi connectivity index (χ0v) is 11.4. The fourth-order valence-corrected chi connectivity index (χ4v) is 2.10. The standard InChI is InChI=1S/C15H17NO5/c17-12-4-1-11(2-5-12)3-6-14(18)16-7-8-21-13(10-16)9-15(19)20/h1-6,13,17H,7-10H2,(H,19,20). The third-order valence-corrected chi connectivity index (χ3v) is 3.16. The van der Waals surface area contributed by atoms with E-state index in [9.17, 15) is 14.7 Å². The zero-order chi connectivity index (χ0) is 15.2. The van der Waals surface area contributed by atoms with Crippen LogP contribution in [0.5, 0.6) is 5.75 Å². The van der Waals surface area contributed by atoms with Crippen molar-refractivity contribution in [2.75, 3.05) is 19.7 Å². The molecule has 0 aromatic heterocycles. The minimum absolute atomic E-state index is 0.106. The molecule has 21 heavy (non-hydrogen) atoms. The Morgan fingerprint density at radius 1 is 1.33 bits per heavy atom. The van der Waals surface area contributed by atoms with Crippen LogP contribution in [0.4, 0.5) is 0 Å². The van der Waals surface area contributed by atoms with Gasteiger partial charge in [-0.3, -0.25) is 9.59 Å². The molecule has 1 saturated heterocycles. The minimum atomic E-state index is -0.936. The van der Waals surface area contributed by atoms with Crippen LogP contribution in [0.1, 0.15) is 12.0 Å². The summed E-state index contributed by atoms with van der Waals surface area (Å²) in [6, 6.07) is 6.49. The normalized spacial score (nSPS) is 18.9. The summed E-state index contributed by atoms with van der Waals surface area (Å²) in [4.78, 5) is 24.3. The molecular formula is C15H17NO5. The number of benzene rings is 1. The van der Waals surface area contributed by atoms with E-state index in [1.54, 1.807) is 35.2 Å². The Morgan fingerprint density at radius 2 is 2.05 bits per heavy atom. The molecule has 6 heteroatoms. The van der Waals surface area contributed by atoms with Gasteiger partial charge in [-0.2, -0.15) is 0 Å². The van der Waals surface area contributed by atoms with Crippen LogP contribution in [0.25, 0.3) is 6.08 Å². The number of phenols is 1. The molecule has 1 unspecified atom stereocenters. The van der Waals surface area contributed by atoms with E-state index in [0.29, 0.717) is 13.2 Å². The Kier molecular flexibility index (Phi) is 4.94. The first-order valence-corrected chi connectivity index (χ1v) is 6.64. The Hall–Kier alpha value is -2.34. The molecule has 2 rings (SSSR count). The molecule has 0 saturated carbocycles. The lowest BCUT2D eigenvalue weighted by molar-refractivity contribution is -0.145. The molecule has 1 aliphatic heterocycles. The highest BCUT2D eigenvalue weighted by atomic mass is 16.5. The molecule has 1 aromatic rings. The van der Waals surface area contributed by atoms with Gasteiger partial charge in [0.2, 0.25) is 5.91 Å². The molecular weight excluding hydrogens is 274 g/mol. The molecule has 1 atom stereocenters. The lowest BCUT2D eigenvalue weighted by atomic mass is 10.2. The van der Waals surface area contributed by atoms with Crippen molar-refractivity contribution in [3.8, 4) is 5.75 Å². The van der Waals surface area contributed by atoms with Crippen molar-refractivity contribution in [1.82, 2.24) is 4.90 Å². The van der Waals surface area contributed by atoms with Crippen molar-refractivity contribution in [3.63, 3.8) is 0 Å². The first-order chi connectivity index (χ1) is 10.0. The maximum absolute atomic E-state index is 12.1. The average molecular weight is 291 g/mol. The number of carboxylic acids is 1. The lowest BCUT2D eigenvalue weighted by Gasteiger charge is -2.31. The zero-order valence-electron chi connectivity index (χ0n) is 11.4. The van der Waals surface area contributed by atoms with Gasteiger partial charge in [-0.05, 0) is 23.8 Å². The number of aliphatic carboxylic acids is 1. The number of carbonyl (C=O) groups excluding carboxylic acids is 1. The summed E-state index contributed by atoms with van der Waals surface area (Å²) < 4.78 is 5.32. The number of ether oxygens (including phenoxy) is 1. The molecule has 1 amide bonds. The van der Waals surface area contributed by atoms with Crippen LogP contribution < -0.4 is 0 Å². The van der Waals surface area contributed by atoms with E-state index in [2.05, 4.69) is 0 Å². The maximum atomic E-state index is 12.1. The monoisotopic (exact) mass is 291 g/mol. The molecule has 6 nitrogen and oxygen atoms in total. The van der Waals surface area contributed by atoms with E-state index >= 15 is 0 Å². The van der Waals surface area contributed by atoms with Crippen molar-refractivity contribution in [2.24, 2.45) is 0 Å². The van der Waals surface area contributed by atoms with Gasteiger partial charge >= 0.3 is 5.97 Å². The van der Waals surface area contributed by atoms with E-state index in [4.69, 9.17) is 9.84 Å². The Balaban J connectivity index is 1.93. The van der Waals surface area contributed by atoms with E-state index in [1.807, 2.05) is 0 Å². The number of hydrogen-bond donors (Lipinski definition) is 2. The van der Waals surface area contributed by atoms with Crippen molar-refractivity contribution in [2.45, 2.75) is 12.5 Å². The van der Waals surface area contributed by atoms with Gasteiger partial charge < -0.3 is 19.8 Å². The third kappa shape index (κ3) is 4.61. The van der Waals surface area contributed by atoms with Crippen molar-refractivity contribution in [1.29, 1.82) is 0 Å². The van der Waals surface area contributed by atoms with Crippen LogP contribution in [-0.2, 0) is 14.3 Å². The van der Waals surface area contributed by atoms with E-state index in [0.717, 1.165) is 5.56 Å². The van der Waals surface area contributed by atoms with Gasteiger partial charge in [-0.1, -0.05) is 12.1 Å². The summed E-state index contributed by atoms with van der Waals surface area (Å²) in [6.07, 6.45) is 2.53. The highest BCUT2D eigenvalue weighted by Gasteiger charge is 2.24. The molecule has 1 aromatic carbocycles. The Bertz CT molecular complexity index is 537. The largest absolute Gasteiger partial charge is 0.508 e. The van der Waals surface area contributed by atoms with Crippen LogP contribution in [-0.4, -0.2) is 52.8 Å². The summed E-state index contributed by atoms with van der Waals surface area (Å²) in [5.74, 6) is -0.945. The summed E-state index contributed by atoms with van der Waals surface area (Å²) in [5, 5.41) is 17.9. The maximum Gasteiger partial charge on any atom is 0.306 e. The van der Waals surface area contributed by atoms with E-state index in [-0.39, 0.29) is 24.6 Å². The van der Waals surface area contributed by atoms with Gasteiger partial charge in [-0.25, -0.2) is 0 Å². The smallest absolute Gasteiger partial charge is 0.306 e. The molecule has 1 aliphatic rings. The topological polar surface area (TPSA) is 87.1 Å². The number of phenolic OH excluding ortho intramolecular Hbond substituents is 1. The highest BCUT2D eigenvalue weighted by Crippen LogP contribution is 2.12. The van der Waals surface area contributed by atoms with Gasteiger partial charge in [0.15, 0.2) is 0 Å². The van der Waals surface area contributed by atoms with Crippen LogP contribution in [0.15, 0.2) is 30.3 Å². The molecule has 112 valence electrons. The van der Waals surface area contributed by atoms with Crippen LogP contribution in [0.2, 0.25) is 0 Å². The molecule has 0 aliphatic carbocycles. The number of morpholine rings is 1. The fraction of sp³-hybridized carbons (Fsp3) is 0.333. The molecule has 1 heterocycles. The lowest BCUT2D eigenvalue weighted by Crippen LogP contribution is -2.45. The average Bonchev–Trinajstić information content (AvgIpc) is 2.46. The third-order valence-electron chi connectivity index (χ3n) is 3.16. The second-order valence-electron chi connectivity index (χ2n) is 4.80. The molecule has 0 bridgehead atoms. The summed E-state index contributed by atoms with van der Waals surface area (Å²) in [7, 11) is 0. The number of aromatic hydroxyl groups is 1. The number of carboxylic acid groups (broad SMARTS) is 1. The predicted molar refractivity (Wildman–Crippen MR) is 75.7 cm³/mol. The molecule has 2 N–H and O–H groups in total. The minimum Gasteiger partial charge on any atom is -0.508 e. The fourth-order valence-electron chi connectivity index (χ4n) is 2.10. The predicted octanol–water partition coefficient (Wildman–Crippen LogP) is 1.11. The first kappa shape index (κ1) is 15.1. The molecule has 0 radical (unpaired) electrons. The van der Waals surface area contributed by atoms with Gasteiger partial charge in [0.25, 0.3) is 0 Å². The second kappa shape index (κ2) is 6.90. The van der Waals surface area contributed by atoms with E-state index in [1.165, 1.54) is 6.08 Å². The number of carbonyl (C=O) groups is 2. The Morgan fingerprint density at radius 3 is 2.71 bits per heavy atom. The quantitative estimate of drug-likeness (QED) is 0.811. The summed E-state index contributed by atoms with van der Waals surface area (Å²) in [6.45, 7) is 1.08. The Labute approximate surface area is 122 Å². The van der Waals surface area contributed by atoms with Gasteiger partial charge in [0, 0.05) is 19.2 Å². The summed E-state index contributed by atoms with van der Waals surface area (Å²) in [5.41, 5.74) is 0.802. The number of amides is 1. The van der Waals surface area contributed by atoms with Crippen molar-refractivity contribution in [3.05, 3.63) is 35.9 Å². The van der Waals surface area contributed by atoms with Gasteiger partial charge in [-0.15, -0.1) is 0 Å². The second-order valence-corrected chi connectivity index (χ2v) is 4.80. The van der Waals surface area contributed by atoms with Crippen molar-refractivity contribution >= 4 is 18.0 Å². The van der Waals surface area contributed by atoms with Crippen LogP contribution in [0.3, 0.4) is 0 Å². The number of rotatable bonds is 4. The van der Waals surface area contributed by atoms with Crippen LogP contribution >= 0.6 is 0 Å². The van der Waals surface area contributed by atoms with Gasteiger partial charge in [0.05, 0.1) is 19.1 Å². The highest BCUT2D eigenvalue weighted by molar-refractivity contribution is 5.91. The van der Waals surface area contributed by atoms with E-state index < -0.39 is 12.1 Å². The first-order valence-electron chi connectivity index (χ1n) is 6.64.